The van der Waals surface area contributed by atoms with Crippen molar-refractivity contribution >= 4 is 16.7 Å². The molecule has 1 aliphatic heterocycles. The Kier molecular flexibility index (Phi) is 5.48. The normalized spacial score (nSPS) is 16.4. The monoisotopic (exact) mass is 325 g/mol. The van der Waals surface area contributed by atoms with Gasteiger partial charge >= 0.3 is 0 Å². The van der Waals surface area contributed by atoms with Gasteiger partial charge in [-0.1, -0.05) is 29.8 Å². The van der Waals surface area contributed by atoms with Crippen LogP contribution in [0.15, 0.2) is 36.4 Å². The SMILES string of the molecule is Cc1ccc2cc(C(=O)NCCCN3CCN(C)CC3)ccc2c1. The number of rotatable bonds is 5. The number of hydrogen-bond donors (Lipinski definition) is 1. The van der Waals surface area contributed by atoms with E-state index in [0.29, 0.717) is 0 Å². The summed E-state index contributed by atoms with van der Waals surface area (Å²) in [5.74, 6) is 0.0239. The van der Waals surface area contributed by atoms with Crippen molar-refractivity contribution in [1.82, 2.24) is 15.1 Å². The zero-order valence-electron chi connectivity index (χ0n) is 14.7. The largest absolute Gasteiger partial charge is 0.352 e. The minimum absolute atomic E-state index is 0.0239. The number of nitrogens with one attached hydrogen (secondary N) is 1. The summed E-state index contributed by atoms with van der Waals surface area (Å²) in [7, 11) is 2.17. The van der Waals surface area contributed by atoms with Gasteiger partial charge < -0.3 is 15.1 Å². The van der Waals surface area contributed by atoms with Crippen LogP contribution in [-0.2, 0) is 0 Å². The Balaban J connectivity index is 1.47. The van der Waals surface area contributed by atoms with E-state index in [1.165, 1.54) is 10.9 Å². The van der Waals surface area contributed by atoms with E-state index in [1.54, 1.807) is 0 Å². The molecule has 3 rings (SSSR count). The van der Waals surface area contributed by atoms with E-state index < -0.39 is 0 Å². The van der Waals surface area contributed by atoms with Crippen LogP contribution in [0.4, 0.5) is 0 Å². The van der Waals surface area contributed by atoms with Crippen molar-refractivity contribution in [2.45, 2.75) is 13.3 Å². The van der Waals surface area contributed by atoms with E-state index in [9.17, 15) is 4.79 Å². The van der Waals surface area contributed by atoms with Gasteiger partial charge in [-0.05, 0) is 49.8 Å². The maximum absolute atomic E-state index is 12.3. The van der Waals surface area contributed by atoms with Gasteiger partial charge in [-0.2, -0.15) is 0 Å². The molecule has 4 nitrogen and oxygen atoms in total. The number of amides is 1. The molecule has 1 N–H and O–H groups in total. The van der Waals surface area contributed by atoms with Gasteiger partial charge in [-0.15, -0.1) is 0 Å². The first kappa shape index (κ1) is 16.9. The zero-order valence-corrected chi connectivity index (χ0v) is 14.7. The lowest BCUT2D eigenvalue weighted by atomic mass is 10.0. The topological polar surface area (TPSA) is 35.6 Å². The predicted octanol–water partition coefficient (Wildman–Crippen LogP) is 2.52. The molecule has 2 aromatic rings. The number of carbonyl (C=O) groups is 1. The predicted molar refractivity (Wildman–Crippen MR) is 99.6 cm³/mol. The summed E-state index contributed by atoms with van der Waals surface area (Å²) in [4.78, 5) is 17.2. The number of likely N-dealkylation sites (N-methyl/N-ethyl adjacent to an activating group) is 1. The number of nitrogens with zero attached hydrogens (tertiary/aromatic N) is 2. The first-order valence-electron chi connectivity index (χ1n) is 8.81. The summed E-state index contributed by atoms with van der Waals surface area (Å²) in [5, 5.41) is 5.35. The molecule has 1 saturated heterocycles. The zero-order chi connectivity index (χ0) is 16.9. The second-order valence-corrected chi connectivity index (χ2v) is 6.82. The van der Waals surface area contributed by atoms with E-state index in [0.717, 1.165) is 56.6 Å². The van der Waals surface area contributed by atoms with Crippen LogP contribution in [0.5, 0.6) is 0 Å². The number of benzene rings is 2. The van der Waals surface area contributed by atoms with Crippen molar-refractivity contribution in [2.24, 2.45) is 0 Å². The van der Waals surface area contributed by atoms with Crippen LogP contribution < -0.4 is 5.32 Å². The molecule has 0 atom stereocenters. The Morgan fingerprint density at radius 1 is 1.04 bits per heavy atom. The average Bonchev–Trinajstić information content (AvgIpc) is 2.59. The Hall–Kier alpha value is -1.91. The summed E-state index contributed by atoms with van der Waals surface area (Å²) in [5.41, 5.74) is 1.98. The van der Waals surface area contributed by atoms with E-state index >= 15 is 0 Å². The molecule has 1 amide bonds. The summed E-state index contributed by atoms with van der Waals surface area (Å²) in [6.45, 7) is 8.43. The van der Waals surface area contributed by atoms with E-state index in [2.05, 4.69) is 47.3 Å². The van der Waals surface area contributed by atoms with E-state index in [4.69, 9.17) is 0 Å². The number of hydrogen-bond acceptors (Lipinski definition) is 3. The van der Waals surface area contributed by atoms with Crippen molar-refractivity contribution in [1.29, 1.82) is 0 Å². The van der Waals surface area contributed by atoms with E-state index in [1.807, 2.05) is 18.2 Å². The first-order chi connectivity index (χ1) is 11.6. The second kappa shape index (κ2) is 7.77. The highest BCUT2D eigenvalue weighted by molar-refractivity contribution is 5.98. The molecular weight excluding hydrogens is 298 g/mol. The molecule has 1 heterocycles. The minimum atomic E-state index is 0.0239. The maximum atomic E-state index is 12.3. The lowest BCUT2D eigenvalue weighted by Crippen LogP contribution is -2.45. The fourth-order valence-electron chi connectivity index (χ4n) is 3.18. The summed E-state index contributed by atoms with van der Waals surface area (Å²) >= 11 is 0. The molecule has 0 bridgehead atoms. The highest BCUT2D eigenvalue weighted by Crippen LogP contribution is 2.17. The van der Waals surface area contributed by atoms with Gasteiger partial charge in [0.1, 0.15) is 0 Å². The highest BCUT2D eigenvalue weighted by Gasteiger charge is 2.13. The number of piperazine rings is 1. The average molecular weight is 325 g/mol. The molecule has 24 heavy (non-hydrogen) atoms. The summed E-state index contributed by atoms with van der Waals surface area (Å²) < 4.78 is 0. The van der Waals surface area contributed by atoms with Crippen LogP contribution in [0, 0.1) is 6.92 Å². The molecule has 0 spiro atoms. The molecule has 4 heteroatoms. The number of aryl methyl sites for hydroxylation is 1. The maximum Gasteiger partial charge on any atom is 0.251 e. The van der Waals surface area contributed by atoms with Gasteiger partial charge in [0, 0.05) is 38.3 Å². The smallest absolute Gasteiger partial charge is 0.251 e. The first-order valence-corrected chi connectivity index (χ1v) is 8.81. The van der Waals surface area contributed by atoms with Crippen molar-refractivity contribution in [3.63, 3.8) is 0 Å². The highest BCUT2D eigenvalue weighted by atomic mass is 16.1. The van der Waals surface area contributed by atoms with Crippen molar-refractivity contribution in [3.05, 3.63) is 47.5 Å². The molecule has 1 fully saturated rings. The number of carbonyl (C=O) groups excluding carboxylic acids is 1. The van der Waals surface area contributed by atoms with Crippen LogP contribution in [0.25, 0.3) is 10.8 Å². The second-order valence-electron chi connectivity index (χ2n) is 6.82. The molecule has 128 valence electrons. The summed E-state index contributed by atoms with van der Waals surface area (Å²) in [6.07, 6.45) is 1.00. The molecule has 0 radical (unpaired) electrons. The van der Waals surface area contributed by atoms with Crippen molar-refractivity contribution in [2.75, 3.05) is 46.3 Å². The van der Waals surface area contributed by atoms with Crippen LogP contribution in [0.3, 0.4) is 0 Å². The van der Waals surface area contributed by atoms with Gasteiger partial charge in [0.2, 0.25) is 0 Å². The van der Waals surface area contributed by atoms with Gasteiger partial charge in [0.15, 0.2) is 0 Å². The van der Waals surface area contributed by atoms with Crippen LogP contribution >= 0.6 is 0 Å². The fraction of sp³-hybridized carbons (Fsp3) is 0.450. The molecule has 0 unspecified atom stereocenters. The van der Waals surface area contributed by atoms with Gasteiger partial charge in [0.25, 0.3) is 5.91 Å². The molecule has 0 aliphatic carbocycles. The minimum Gasteiger partial charge on any atom is -0.352 e. The van der Waals surface area contributed by atoms with Crippen LogP contribution in [0.1, 0.15) is 22.3 Å². The lowest BCUT2D eigenvalue weighted by molar-refractivity contribution is 0.0949. The Labute approximate surface area is 144 Å². The third-order valence-corrected chi connectivity index (χ3v) is 4.79. The Morgan fingerprint density at radius 3 is 2.54 bits per heavy atom. The quantitative estimate of drug-likeness (QED) is 0.858. The molecule has 0 saturated carbocycles. The van der Waals surface area contributed by atoms with Gasteiger partial charge in [-0.3, -0.25) is 4.79 Å². The third kappa shape index (κ3) is 4.34. The molecular formula is C20H27N3O. The molecule has 1 aliphatic rings. The van der Waals surface area contributed by atoms with Gasteiger partial charge in [0.05, 0.1) is 0 Å². The lowest BCUT2D eigenvalue weighted by Gasteiger charge is -2.32. The number of fused-ring (bicyclic) bond motifs is 1. The standard InChI is InChI=1S/C20H27N3O/c1-16-4-5-18-15-19(7-6-17(18)14-16)20(24)21-8-3-9-23-12-10-22(2)11-13-23/h4-7,14-15H,3,8-13H2,1-2H3,(H,21,24). The van der Waals surface area contributed by atoms with Gasteiger partial charge in [-0.25, -0.2) is 0 Å². The fourth-order valence-corrected chi connectivity index (χ4v) is 3.18. The van der Waals surface area contributed by atoms with Crippen LogP contribution in [0.2, 0.25) is 0 Å². The van der Waals surface area contributed by atoms with E-state index in [-0.39, 0.29) is 5.91 Å². The third-order valence-electron chi connectivity index (χ3n) is 4.79. The van der Waals surface area contributed by atoms with Crippen molar-refractivity contribution in [3.8, 4) is 0 Å². The molecule has 2 aromatic carbocycles. The Bertz CT molecular complexity index is 705. The molecule has 0 aromatic heterocycles. The Morgan fingerprint density at radius 2 is 1.75 bits per heavy atom. The van der Waals surface area contributed by atoms with Crippen molar-refractivity contribution < 1.29 is 4.79 Å². The summed E-state index contributed by atoms with van der Waals surface area (Å²) in [6, 6.07) is 12.2. The van der Waals surface area contributed by atoms with Crippen LogP contribution in [-0.4, -0.2) is 62.0 Å².